The molecule has 2 aromatic heterocycles. The number of aromatic nitrogens is 1. The van der Waals surface area contributed by atoms with E-state index in [1.807, 2.05) is 13.0 Å². The predicted octanol–water partition coefficient (Wildman–Crippen LogP) is 1.19. The van der Waals surface area contributed by atoms with E-state index in [1.165, 1.54) is 11.3 Å². The molecule has 5 N–H and O–H groups in total. The van der Waals surface area contributed by atoms with Gasteiger partial charge in [0.05, 0.1) is 11.1 Å². The Hall–Kier alpha value is -2.31. The van der Waals surface area contributed by atoms with Gasteiger partial charge in [-0.2, -0.15) is 10.5 Å². The fourth-order valence-electron chi connectivity index (χ4n) is 1.87. The summed E-state index contributed by atoms with van der Waals surface area (Å²) >= 11 is 1.26. The molecule has 84 valence electrons. The van der Waals surface area contributed by atoms with Crippen molar-refractivity contribution in [3.8, 4) is 12.1 Å². The molecule has 0 radical (unpaired) electrons. The van der Waals surface area contributed by atoms with Gasteiger partial charge in [-0.25, -0.2) is 4.98 Å². The summed E-state index contributed by atoms with van der Waals surface area (Å²) in [5, 5.41) is 18.8. The maximum absolute atomic E-state index is 9.09. The molecular formula is C11H10N5S+. The van der Waals surface area contributed by atoms with Gasteiger partial charge in [-0.1, -0.05) is 18.3 Å². The molecular weight excluding hydrogens is 234 g/mol. The Balaban J connectivity index is 3.00. The molecule has 0 fully saturated rings. The molecule has 2 aromatic rings. The van der Waals surface area contributed by atoms with Gasteiger partial charge in [0.15, 0.2) is 4.83 Å². The summed E-state index contributed by atoms with van der Waals surface area (Å²) in [6, 6.07) is 4.11. The summed E-state index contributed by atoms with van der Waals surface area (Å²) in [5.74, 6) is 0.322. The third-order valence-corrected chi connectivity index (χ3v) is 3.66. The van der Waals surface area contributed by atoms with Crippen LogP contribution in [-0.4, -0.2) is 0 Å². The number of hydrogen-bond donors (Lipinski definition) is 2. The summed E-state index contributed by atoms with van der Waals surface area (Å²) in [6.45, 7) is 1.93. The number of anilines is 2. The van der Waals surface area contributed by atoms with Crippen LogP contribution >= 0.6 is 11.3 Å². The average molecular weight is 244 g/mol. The number of H-pyrrole nitrogens is 1. The highest BCUT2D eigenvalue weighted by molar-refractivity contribution is 7.19. The third-order valence-electron chi connectivity index (χ3n) is 2.63. The topological polar surface area (TPSA) is 114 Å². The molecule has 2 heterocycles. The first kappa shape index (κ1) is 11.2. The van der Waals surface area contributed by atoms with Gasteiger partial charge < -0.3 is 5.73 Å². The van der Waals surface area contributed by atoms with E-state index in [4.69, 9.17) is 22.0 Å². The number of hydrogen-bond acceptors (Lipinski definition) is 5. The fraction of sp³-hybridized carbons (Fsp3) is 0.182. The van der Waals surface area contributed by atoms with E-state index in [9.17, 15) is 0 Å². The molecule has 0 bridgehead atoms. The van der Waals surface area contributed by atoms with E-state index in [0.717, 1.165) is 15.8 Å². The third kappa shape index (κ3) is 1.47. The lowest BCUT2D eigenvalue weighted by molar-refractivity contribution is -0.323. The molecule has 0 unspecified atom stereocenters. The minimum Gasteiger partial charge on any atom is -0.396 e. The Morgan fingerprint density at radius 2 is 2.00 bits per heavy atom. The number of thiophene rings is 1. The van der Waals surface area contributed by atoms with Crippen molar-refractivity contribution >= 4 is 33.1 Å². The SMILES string of the molecule is CCc1c(C#N)c(N)[nH+]c2sc(C#N)c(N)c12. The van der Waals surface area contributed by atoms with Crippen LogP contribution < -0.4 is 16.5 Å². The van der Waals surface area contributed by atoms with E-state index in [2.05, 4.69) is 11.1 Å². The van der Waals surface area contributed by atoms with Crippen LogP contribution in [0.3, 0.4) is 0 Å². The van der Waals surface area contributed by atoms with Crippen LogP contribution in [-0.2, 0) is 6.42 Å². The molecule has 0 aliphatic rings. The molecule has 17 heavy (non-hydrogen) atoms. The Morgan fingerprint density at radius 3 is 2.53 bits per heavy atom. The number of nitrogen functional groups attached to an aromatic ring is 2. The summed E-state index contributed by atoms with van der Waals surface area (Å²) < 4.78 is 0. The standard InChI is InChI=1S/C11H9N5S/c1-2-5-6(3-12)10(15)16-11-8(5)9(14)7(4-13)17-11/h2,14H2,1H3,(H2,15,16)/p+1. The lowest BCUT2D eigenvalue weighted by Gasteiger charge is -2.02. The number of aromatic amines is 1. The molecule has 0 atom stereocenters. The number of rotatable bonds is 1. The molecule has 5 nitrogen and oxygen atoms in total. The van der Waals surface area contributed by atoms with Gasteiger partial charge in [-0.15, -0.1) is 0 Å². The Morgan fingerprint density at radius 1 is 1.29 bits per heavy atom. The van der Waals surface area contributed by atoms with Crippen LogP contribution in [0, 0.1) is 22.7 Å². The van der Waals surface area contributed by atoms with Crippen molar-refractivity contribution in [1.29, 1.82) is 10.5 Å². The Bertz CT molecular complexity index is 687. The number of pyridine rings is 1. The van der Waals surface area contributed by atoms with E-state index in [1.54, 1.807) is 0 Å². The van der Waals surface area contributed by atoms with Gasteiger partial charge in [0, 0.05) is 0 Å². The van der Waals surface area contributed by atoms with Gasteiger partial charge in [0.25, 0.3) is 5.82 Å². The number of nitriles is 2. The van der Waals surface area contributed by atoms with Crippen molar-refractivity contribution < 1.29 is 4.98 Å². The van der Waals surface area contributed by atoms with Crippen LogP contribution in [0.15, 0.2) is 0 Å². The van der Waals surface area contributed by atoms with Crippen LogP contribution in [0.4, 0.5) is 11.5 Å². The fourth-order valence-corrected chi connectivity index (χ4v) is 2.83. The maximum Gasteiger partial charge on any atom is 0.289 e. The largest absolute Gasteiger partial charge is 0.396 e. The second-order valence-electron chi connectivity index (χ2n) is 3.52. The highest BCUT2D eigenvalue weighted by Gasteiger charge is 2.21. The molecule has 0 aliphatic heterocycles. The maximum atomic E-state index is 9.09. The van der Waals surface area contributed by atoms with Gasteiger partial charge in [-0.05, 0) is 12.0 Å². The van der Waals surface area contributed by atoms with Crippen LogP contribution in [0.2, 0.25) is 0 Å². The van der Waals surface area contributed by atoms with Crippen LogP contribution in [0.1, 0.15) is 22.9 Å². The van der Waals surface area contributed by atoms with Crippen molar-refractivity contribution in [3.05, 3.63) is 16.0 Å². The van der Waals surface area contributed by atoms with Gasteiger partial charge >= 0.3 is 0 Å². The highest BCUT2D eigenvalue weighted by atomic mass is 32.1. The number of nitrogens with two attached hydrogens (primary N) is 2. The second kappa shape index (κ2) is 3.93. The normalized spacial score (nSPS) is 10.1. The molecule has 0 aromatic carbocycles. The molecule has 0 saturated heterocycles. The first-order valence-corrected chi connectivity index (χ1v) is 5.81. The number of aryl methyl sites for hydroxylation is 1. The van der Waals surface area contributed by atoms with E-state index in [-0.39, 0.29) is 0 Å². The zero-order chi connectivity index (χ0) is 12.6. The number of fused-ring (bicyclic) bond motifs is 1. The zero-order valence-corrected chi connectivity index (χ0v) is 9.98. The lowest BCUT2D eigenvalue weighted by atomic mass is 10.0. The van der Waals surface area contributed by atoms with E-state index in [0.29, 0.717) is 28.4 Å². The molecule has 0 amide bonds. The number of nitrogens with one attached hydrogen (secondary N) is 1. The van der Waals surface area contributed by atoms with Crippen molar-refractivity contribution in [1.82, 2.24) is 0 Å². The zero-order valence-electron chi connectivity index (χ0n) is 9.16. The quantitative estimate of drug-likeness (QED) is 0.783. The predicted molar refractivity (Wildman–Crippen MR) is 66.0 cm³/mol. The van der Waals surface area contributed by atoms with Crippen molar-refractivity contribution in [3.63, 3.8) is 0 Å². The van der Waals surface area contributed by atoms with Gasteiger partial charge in [-0.3, -0.25) is 5.73 Å². The summed E-state index contributed by atoms with van der Waals surface area (Å²) in [5.41, 5.74) is 13.3. The summed E-state index contributed by atoms with van der Waals surface area (Å²) in [7, 11) is 0. The van der Waals surface area contributed by atoms with Crippen molar-refractivity contribution in [2.75, 3.05) is 11.5 Å². The highest BCUT2D eigenvalue weighted by Crippen LogP contribution is 2.35. The molecule has 0 saturated carbocycles. The first-order chi connectivity index (χ1) is 8.13. The minimum atomic E-state index is 0.322. The summed E-state index contributed by atoms with van der Waals surface area (Å²) in [6.07, 6.45) is 0.643. The van der Waals surface area contributed by atoms with Gasteiger partial charge in [0.2, 0.25) is 0 Å². The van der Waals surface area contributed by atoms with E-state index < -0.39 is 0 Å². The summed E-state index contributed by atoms with van der Waals surface area (Å²) in [4.78, 5) is 4.11. The molecule has 0 aliphatic carbocycles. The minimum absolute atomic E-state index is 0.322. The lowest BCUT2D eigenvalue weighted by Crippen LogP contribution is -2.14. The van der Waals surface area contributed by atoms with Crippen LogP contribution in [0.25, 0.3) is 10.2 Å². The number of nitrogens with zero attached hydrogens (tertiary/aromatic N) is 2. The van der Waals surface area contributed by atoms with Crippen LogP contribution in [0.5, 0.6) is 0 Å². The van der Waals surface area contributed by atoms with Gasteiger partial charge in [0.1, 0.15) is 22.6 Å². The van der Waals surface area contributed by atoms with Crippen molar-refractivity contribution in [2.45, 2.75) is 13.3 Å². The second-order valence-corrected chi connectivity index (χ2v) is 4.54. The average Bonchev–Trinajstić information content (AvgIpc) is 2.64. The molecule has 6 heteroatoms. The molecule has 0 spiro atoms. The van der Waals surface area contributed by atoms with E-state index >= 15 is 0 Å². The monoisotopic (exact) mass is 244 g/mol. The first-order valence-electron chi connectivity index (χ1n) is 4.99. The Labute approximate surface area is 102 Å². The van der Waals surface area contributed by atoms with Crippen molar-refractivity contribution in [2.24, 2.45) is 0 Å². The Kier molecular flexibility index (Phi) is 2.58. The molecule has 2 rings (SSSR count). The smallest absolute Gasteiger partial charge is 0.289 e.